The molecule has 1 unspecified atom stereocenters. The van der Waals surface area contributed by atoms with Crippen LogP contribution >= 0.6 is 11.3 Å². The maximum absolute atomic E-state index is 10.5. The minimum Gasteiger partial charge on any atom is -0.481 e. The SMILES string of the molecule is NC(CCC(=O)O)c1cc2ccccc2s1. The monoisotopic (exact) mass is 235 g/mol. The van der Waals surface area contributed by atoms with Crippen molar-refractivity contribution in [1.82, 2.24) is 0 Å². The van der Waals surface area contributed by atoms with Crippen LogP contribution in [0.25, 0.3) is 10.1 Å². The Balaban J connectivity index is 2.16. The molecule has 0 aliphatic rings. The molecule has 0 amide bonds. The van der Waals surface area contributed by atoms with E-state index in [9.17, 15) is 4.79 Å². The van der Waals surface area contributed by atoms with E-state index in [2.05, 4.69) is 0 Å². The van der Waals surface area contributed by atoms with Crippen LogP contribution in [0.3, 0.4) is 0 Å². The molecule has 84 valence electrons. The van der Waals surface area contributed by atoms with Crippen molar-refractivity contribution in [2.24, 2.45) is 5.73 Å². The maximum atomic E-state index is 10.5. The first kappa shape index (κ1) is 11.1. The highest BCUT2D eigenvalue weighted by atomic mass is 32.1. The molecular formula is C12H13NO2S. The zero-order valence-electron chi connectivity index (χ0n) is 8.72. The van der Waals surface area contributed by atoms with Crippen LogP contribution in [0.5, 0.6) is 0 Å². The molecule has 0 bridgehead atoms. The molecule has 0 spiro atoms. The first-order valence-corrected chi connectivity index (χ1v) is 5.94. The van der Waals surface area contributed by atoms with E-state index in [1.165, 1.54) is 10.1 Å². The predicted octanol–water partition coefficient (Wildman–Crippen LogP) is 2.77. The van der Waals surface area contributed by atoms with Crippen molar-refractivity contribution in [2.45, 2.75) is 18.9 Å². The molecule has 1 heterocycles. The van der Waals surface area contributed by atoms with E-state index in [4.69, 9.17) is 10.8 Å². The topological polar surface area (TPSA) is 63.3 Å². The van der Waals surface area contributed by atoms with E-state index in [0.29, 0.717) is 6.42 Å². The van der Waals surface area contributed by atoms with Crippen molar-refractivity contribution in [3.8, 4) is 0 Å². The first-order chi connectivity index (χ1) is 7.66. The van der Waals surface area contributed by atoms with Crippen molar-refractivity contribution in [3.05, 3.63) is 35.2 Å². The molecule has 1 atom stereocenters. The third-order valence-corrected chi connectivity index (χ3v) is 3.73. The van der Waals surface area contributed by atoms with Gasteiger partial charge >= 0.3 is 5.97 Å². The summed E-state index contributed by atoms with van der Waals surface area (Å²) in [6.07, 6.45) is 0.609. The zero-order chi connectivity index (χ0) is 11.5. The minimum atomic E-state index is -0.795. The molecule has 16 heavy (non-hydrogen) atoms. The van der Waals surface area contributed by atoms with Gasteiger partial charge in [0.15, 0.2) is 0 Å². The quantitative estimate of drug-likeness (QED) is 0.856. The van der Waals surface area contributed by atoms with E-state index in [-0.39, 0.29) is 12.5 Å². The molecule has 3 N–H and O–H groups in total. The van der Waals surface area contributed by atoms with Crippen LogP contribution in [0.2, 0.25) is 0 Å². The zero-order valence-corrected chi connectivity index (χ0v) is 9.54. The van der Waals surface area contributed by atoms with Gasteiger partial charge in [0, 0.05) is 22.0 Å². The van der Waals surface area contributed by atoms with Crippen molar-refractivity contribution in [3.63, 3.8) is 0 Å². The van der Waals surface area contributed by atoms with Gasteiger partial charge in [0.05, 0.1) is 0 Å². The molecule has 3 nitrogen and oxygen atoms in total. The summed E-state index contributed by atoms with van der Waals surface area (Å²) >= 11 is 1.64. The van der Waals surface area contributed by atoms with Crippen molar-refractivity contribution in [2.75, 3.05) is 0 Å². The lowest BCUT2D eigenvalue weighted by Gasteiger charge is -2.06. The molecule has 0 fully saturated rings. The number of hydrogen-bond acceptors (Lipinski definition) is 3. The number of carboxylic acid groups (broad SMARTS) is 1. The molecule has 2 aromatic rings. The van der Waals surface area contributed by atoms with E-state index in [1.807, 2.05) is 30.3 Å². The van der Waals surface area contributed by atoms with E-state index in [1.54, 1.807) is 11.3 Å². The highest BCUT2D eigenvalue weighted by Gasteiger charge is 2.11. The lowest BCUT2D eigenvalue weighted by Crippen LogP contribution is -2.10. The Labute approximate surface area is 97.5 Å². The molecule has 0 radical (unpaired) electrons. The highest BCUT2D eigenvalue weighted by Crippen LogP contribution is 2.30. The second kappa shape index (κ2) is 4.63. The van der Waals surface area contributed by atoms with Gasteiger partial charge in [-0.25, -0.2) is 0 Å². The summed E-state index contributed by atoms with van der Waals surface area (Å²) in [6, 6.07) is 9.94. The lowest BCUT2D eigenvalue weighted by molar-refractivity contribution is -0.137. The van der Waals surface area contributed by atoms with Crippen LogP contribution in [0, 0.1) is 0 Å². The largest absolute Gasteiger partial charge is 0.481 e. The van der Waals surface area contributed by atoms with Gasteiger partial charge in [-0.15, -0.1) is 11.3 Å². The Morgan fingerprint density at radius 2 is 2.19 bits per heavy atom. The smallest absolute Gasteiger partial charge is 0.303 e. The molecule has 0 saturated heterocycles. The average Bonchev–Trinajstić information content (AvgIpc) is 2.69. The van der Waals surface area contributed by atoms with Crippen molar-refractivity contribution >= 4 is 27.4 Å². The van der Waals surface area contributed by atoms with Crippen LogP contribution in [-0.2, 0) is 4.79 Å². The number of nitrogens with two attached hydrogens (primary N) is 1. The van der Waals surface area contributed by atoms with E-state index < -0.39 is 5.97 Å². The summed E-state index contributed by atoms with van der Waals surface area (Å²) in [5, 5.41) is 9.77. The van der Waals surface area contributed by atoms with Gasteiger partial charge in [0.1, 0.15) is 0 Å². The number of carboxylic acids is 1. The molecular weight excluding hydrogens is 222 g/mol. The molecule has 0 saturated carbocycles. The van der Waals surface area contributed by atoms with Crippen LogP contribution in [0.1, 0.15) is 23.8 Å². The summed E-state index contributed by atoms with van der Waals surface area (Å²) in [7, 11) is 0. The van der Waals surface area contributed by atoms with Crippen LogP contribution in [-0.4, -0.2) is 11.1 Å². The Bertz CT molecular complexity index is 473. The van der Waals surface area contributed by atoms with Crippen molar-refractivity contribution in [1.29, 1.82) is 0 Å². The molecule has 0 aliphatic heterocycles. The number of fused-ring (bicyclic) bond motifs is 1. The predicted molar refractivity (Wildman–Crippen MR) is 65.6 cm³/mol. The van der Waals surface area contributed by atoms with Gasteiger partial charge in [-0.3, -0.25) is 4.79 Å². The standard InChI is InChI=1S/C12H13NO2S/c13-9(5-6-12(14)15)11-7-8-3-1-2-4-10(8)16-11/h1-4,7,9H,5-6,13H2,(H,14,15). The normalized spacial score (nSPS) is 12.8. The second-order valence-corrected chi connectivity index (χ2v) is 4.84. The molecule has 1 aromatic heterocycles. The Hall–Kier alpha value is -1.39. The first-order valence-electron chi connectivity index (χ1n) is 5.12. The fraction of sp³-hybridized carbons (Fsp3) is 0.250. The molecule has 2 rings (SSSR count). The number of hydrogen-bond donors (Lipinski definition) is 2. The number of thiophene rings is 1. The summed E-state index contributed by atoms with van der Waals surface area (Å²) < 4.78 is 1.20. The Kier molecular flexibility index (Phi) is 3.22. The van der Waals surface area contributed by atoms with Crippen LogP contribution in [0.4, 0.5) is 0 Å². The Morgan fingerprint density at radius 3 is 2.88 bits per heavy atom. The summed E-state index contributed by atoms with van der Waals surface area (Å²) in [5.41, 5.74) is 5.95. The maximum Gasteiger partial charge on any atom is 0.303 e. The Morgan fingerprint density at radius 1 is 1.44 bits per heavy atom. The van der Waals surface area contributed by atoms with Gasteiger partial charge in [-0.2, -0.15) is 0 Å². The molecule has 0 aliphatic carbocycles. The lowest BCUT2D eigenvalue weighted by atomic mass is 10.1. The summed E-state index contributed by atoms with van der Waals surface area (Å²) in [4.78, 5) is 11.5. The van der Waals surface area contributed by atoms with Gasteiger partial charge < -0.3 is 10.8 Å². The second-order valence-electron chi connectivity index (χ2n) is 3.73. The highest BCUT2D eigenvalue weighted by molar-refractivity contribution is 7.19. The fourth-order valence-electron chi connectivity index (χ4n) is 1.61. The van der Waals surface area contributed by atoms with Crippen LogP contribution in [0.15, 0.2) is 30.3 Å². The molecule has 1 aromatic carbocycles. The fourth-order valence-corrected chi connectivity index (χ4v) is 2.71. The number of rotatable bonds is 4. The van der Waals surface area contributed by atoms with Gasteiger partial charge in [0.2, 0.25) is 0 Å². The summed E-state index contributed by atoms with van der Waals surface area (Å²) in [5.74, 6) is -0.795. The number of carbonyl (C=O) groups is 1. The van der Waals surface area contributed by atoms with E-state index in [0.717, 1.165) is 4.88 Å². The minimum absolute atomic E-state index is 0.120. The van der Waals surface area contributed by atoms with Gasteiger partial charge in [0.25, 0.3) is 0 Å². The third-order valence-electron chi connectivity index (χ3n) is 2.48. The third kappa shape index (κ3) is 2.40. The van der Waals surface area contributed by atoms with Crippen LogP contribution < -0.4 is 5.73 Å². The van der Waals surface area contributed by atoms with Gasteiger partial charge in [-0.05, 0) is 23.9 Å². The van der Waals surface area contributed by atoms with E-state index >= 15 is 0 Å². The molecule has 4 heteroatoms. The number of benzene rings is 1. The average molecular weight is 235 g/mol. The summed E-state index contributed by atoms with van der Waals surface area (Å²) in [6.45, 7) is 0. The van der Waals surface area contributed by atoms with Gasteiger partial charge in [-0.1, -0.05) is 18.2 Å². The van der Waals surface area contributed by atoms with Crippen molar-refractivity contribution < 1.29 is 9.90 Å². The number of aliphatic carboxylic acids is 1.